The van der Waals surface area contributed by atoms with Gasteiger partial charge in [-0.15, -0.1) is 0 Å². The van der Waals surface area contributed by atoms with Crippen LogP contribution in [0.4, 0.5) is 0 Å². The fraction of sp³-hybridized carbons (Fsp3) is 0.712. The van der Waals surface area contributed by atoms with Crippen LogP contribution in [0.1, 0.15) is 220 Å². The van der Waals surface area contributed by atoms with Crippen molar-refractivity contribution in [1.29, 1.82) is 0 Å². The predicted molar refractivity (Wildman–Crippen MR) is 247 cm³/mol. The zero-order valence-corrected chi connectivity index (χ0v) is 37.8. The van der Waals surface area contributed by atoms with E-state index in [4.69, 9.17) is 14.2 Å². The molecule has 0 aliphatic heterocycles. The number of unbranched alkanes of at least 4 members (excludes halogenated alkanes) is 23. The molecule has 6 nitrogen and oxygen atoms in total. The minimum Gasteiger partial charge on any atom is -0.462 e. The van der Waals surface area contributed by atoms with Gasteiger partial charge in [-0.1, -0.05) is 216 Å². The molecule has 0 saturated carbocycles. The van der Waals surface area contributed by atoms with Crippen molar-refractivity contribution in [1.82, 2.24) is 0 Å². The second-order valence-corrected chi connectivity index (χ2v) is 15.8. The summed E-state index contributed by atoms with van der Waals surface area (Å²) < 4.78 is 16.7. The van der Waals surface area contributed by atoms with Crippen LogP contribution in [0.5, 0.6) is 0 Å². The lowest BCUT2D eigenvalue weighted by Gasteiger charge is -2.18. The van der Waals surface area contributed by atoms with Gasteiger partial charge in [0, 0.05) is 19.3 Å². The zero-order chi connectivity index (χ0) is 42.3. The normalized spacial score (nSPS) is 12.7. The van der Waals surface area contributed by atoms with Crippen LogP contribution in [0, 0.1) is 0 Å². The number of rotatable bonds is 42. The number of carbonyl (C=O) groups excluding carboxylic acids is 3. The second kappa shape index (κ2) is 46.5. The van der Waals surface area contributed by atoms with Crippen LogP contribution in [-0.4, -0.2) is 37.2 Å². The van der Waals surface area contributed by atoms with E-state index in [1.54, 1.807) is 0 Å². The lowest BCUT2D eigenvalue weighted by atomic mass is 10.0. The van der Waals surface area contributed by atoms with Gasteiger partial charge in [0.1, 0.15) is 13.2 Å². The van der Waals surface area contributed by atoms with Crippen LogP contribution in [0.2, 0.25) is 0 Å². The van der Waals surface area contributed by atoms with E-state index >= 15 is 0 Å². The highest BCUT2D eigenvalue weighted by Crippen LogP contribution is 2.15. The van der Waals surface area contributed by atoms with Crippen LogP contribution >= 0.6 is 0 Å². The Hall–Kier alpha value is -3.15. The summed E-state index contributed by atoms with van der Waals surface area (Å²) in [5.41, 5.74) is 0. The summed E-state index contributed by atoms with van der Waals surface area (Å²) in [4.78, 5) is 37.8. The Morgan fingerprint density at radius 2 is 0.707 bits per heavy atom. The Morgan fingerprint density at radius 3 is 1.17 bits per heavy atom. The first-order chi connectivity index (χ1) is 28.5. The molecule has 0 rings (SSSR count). The number of ether oxygens (including phenoxy) is 3. The average Bonchev–Trinajstić information content (AvgIpc) is 3.22. The fourth-order valence-electron chi connectivity index (χ4n) is 6.44. The topological polar surface area (TPSA) is 78.9 Å². The molecule has 0 aliphatic carbocycles. The average molecular weight is 809 g/mol. The molecule has 0 spiro atoms. The molecule has 0 aliphatic rings. The van der Waals surface area contributed by atoms with Crippen LogP contribution in [-0.2, 0) is 28.6 Å². The van der Waals surface area contributed by atoms with Gasteiger partial charge in [0.25, 0.3) is 0 Å². The number of hydrogen-bond acceptors (Lipinski definition) is 6. The zero-order valence-electron chi connectivity index (χ0n) is 37.8. The Morgan fingerprint density at radius 1 is 0.362 bits per heavy atom. The van der Waals surface area contributed by atoms with Gasteiger partial charge in [-0.05, 0) is 57.8 Å². The molecule has 0 amide bonds. The van der Waals surface area contributed by atoms with E-state index in [1.165, 1.54) is 103 Å². The highest BCUT2D eigenvalue weighted by molar-refractivity contribution is 5.71. The van der Waals surface area contributed by atoms with Crippen molar-refractivity contribution in [2.24, 2.45) is 0 Å². The van der Waals surface area contributed by atoms with E-state index in [0.29, 0.717) is 19.3 Å². The quantitative estimate of drug-likeness (QED) is 0.0201. The van der Waals surface area contributed by atoms with E-state index in [1.807, 2.05) is 48.6 Å². The largest absolute Gasteiger partial charge is 0.462 e. The highest BCUT2D eigenvalue weighted by Gasteiger charge is 2.19. The summed E-state index contributed by atoms with van der Waals surface area (Å²) in [6, 6.07) is 0. The van der Waals surface area contributed by atoms with Crippen LogP contribution in [0.3, 0.4) is 0 Å². The molecule has 0 aromatic rings. The van der Waals surface area contributed by atoms with Crippen LogP contribution in [0.25, 0.3) is 0 Å². The summed E-state index contributed by atoms with van der Waals surface area (Å²) >= 11 is 0. The Kier molecular flexibility index (Phi) is 44.0. The number of allylic oxidation sites excluding steroid dienone is 12. The minimum atomic E-state index is -0.792. The third-order valence-electron chi connectivity index (χ3n) is 10.1. The molecule has 6 heteroatoms. The third-order valence-corrected chi connectivity index (χ3v) is 10.1. The minimum absolute atomic E-state index is 0.0927. The Balaban J connectivity index is 4.46. The molecule has 0 fully saturated rings. The smallest absolute Gasteiger partial charge is 0.306 e. The van der Waals surface area contributed by atoms with E-state index in [-0.39, 0.29) is 31.1 Å². The lowest BCUT2D eigenvalue weighted by Crippen LogP contribution is -2.30. The maximum absolute atomic E-state index is 12.7. The van der Waals surface area contributed by atoms with E-state index < -0.39 is 6.10 Å². The van der Waals surface area contributed by atoms with Crippen LogP contribution < -0.4 is 0 Å². The van der Waals surface area contributed by atoms with Gasteiger partial charge in [0.2, 0.25) is 0 Å². The molecule has 0 radical (unpaired) electrons. The predicted octanol–water partition coefficient (Wildman–Crippen LogP) is 15.5. The molecule has 0 heterocycles. The summed E-state index contributed by atoms with van der Waals surface area (Å²) in [5, 5.41) is 0. The molecule has 0 bridgehead atoms. The Bertz CT molecular complexity index is 1110. The van der Waals surface area contributed by atoms with Crippen molar-refractivity contribution in [3.63, 3.8) is 0 Å². The lowest BCUT2D eigenvalue weighted by molar-refractivity contribution is -0.167. The van der Waals surface area contributed by atoms with Crippen molar-refractivity contribution >= 4 is 17.9 Å². The SMILES string of the molecule is CC\C=C/C=C\C=C/C=C\C=C/CCCCCC(=O)OCC(COC(=O)CCCCCCC/C=C\CCCC)OC(=O)CCCCCCCCCCCCCCCC. The van der Waals surface area contributed by atoms with Gasteiger partial charge in [0.15, 0.2) is 6.10 Å². The van der Waals surface area contributed by atoms with Gasteiger partial charge in [-0.3, -0.25) is 14.4 Å². The van der Waals surface area contributed by atoms with Gasteiger partial charge in [-0.2, -0.15) is 0 Å². The van der Waals surface area contributed by atoms with E-state index in [0.717, 1.165) is 77.0 Å². The maximum Gasteiger partial charge on any atom is 0.306 e. The standard InChI is InChI=1S/C52H88O6/c1-4-7-10-13-16-19-22-24-26-28-30-33-36-39-42-45-51(54)57-48-49(47-56-50(53)44-41-38-35-32-29-21-18-15-12-9-6-3)58-52(55)46-43-40-37-34-31-27-25-23-20-17-14-11-8-5-2/h7,10,13,15-16,18-19,22,24,26,28,30,49H,4-6,8-9,11-12,14,17,20-21,23,25,27,29,31-48H2,1-3H3/b10-7-,16-13-,18-15-,22-19-,26-24-,30-28-. The van der Waals surface area contributed by atoms with Crippen LogP contribution in [0.15, 0.2) is 72.9 Å². The van der Waals surface area contributed by atoms with Gasteiger partial charge in [0.05, 0.1) is 0 Å². The molecule has 0 N–H and O–H groups in total. The van der Waals surface area contributed by atoms with Crippen molar-refractivity contribution in [3.05, 3.63) is 72.9 Å². The van der Waals surface area contributed by atoms with E-state index in [9.17, 15) is 14.4 Å². The second-order valence-electron chi connectivity index (χ2n) is 15.8. The molecule has 0 aromatic heterocycles. The molecular formula is C52H88O6. The third kappa shape index (κ3) is 44.0. The van der Waals surface area contributed by atoms with Gasteiger partial charge >= 0.3 is 17.9 Å². The maximum atomic E-state index is 12.7. The Labute approximate surface area is 357 Å². The van der Waals surface area contributed by atoms with Gasteiger partial charge < -0.3 is 14.2 Å². The molecule has 1 atom stereocenters. The van der Waals surface area contributed by atoms with E-state index in [2.05, 4.69) is 45.1 Å². The first kappa shape index (κ1) is 54.9. The molecular weight excluding hydrogens is 721 g/mol. The highest BCUT2D eigenvalue weighted by atomic mass is 16.6. The van der Waals surface area contributed by atoms with Gasteiger partial charge in [-0.25, -0.2) is 0 Å². The number of carbonyl (C=O) groups is 3. The van der Waals surface area contributed by atoms with Crippen molar-refractivity contribution in [2.45, 2.75) is 226 Å². The monoisotopic (exact) mass is 809 g/mol. The molecule has 0 aromatic carbocycles. The summed E-state index contributed by atoms with van der Waals surface area (Å²) in [6.07, 6.45) is 57.4. The first-order valence-corrected chi connectivity index (χ1v) is 24.0. The summed E-state index contributed by atoms with van der Waals surface area (Å²) in [5.74, 6) is -0.945. The van der Waals surface area contributed by atoms with Crippen molar-refractivity contribution < 1.29 is 28.6 Å². The number of esters is 3. The fourth-order valence-corrected chi connectivity index (χ4v) is 6.44. The molecule has 332 valence electrons. The molecule has 58 heavy (non-hydrogen) atoms. The summed E-state index contributed by atoms with van der Waals surface area (Å²) in [6.45, 7) is 6.40. The van der Waals surface area contributed by atoms with Crippen molar-refractivity contribution in [3.8, 4) is 0 Å². The molecule has 0 saturated heterocycles. The first-order valence-electron chi connectivity index (χ1n) is 24.0. The summed E-state index contributed by atoms with van der Waals surface area (Å²) in [7, 11) is 0. The molecule has 1 unspecified atom stereocenters. The van der Waals surface area contributed by atoms with Crippen molar-refractivity contribution in [2.75, 3.05) is 13.2 Å². The number of hydrogen-bond donors (Lipinski definition) is 0.